The van der Waals surface area contributed by atoms with Crippen molar-refractivity contribution < 1.29 is 9.59 Å². The van der Waals surface area contributed by atoms with Crippen molar-refractivity contribution in [3.63, 3.8) is 0 Å². The third-order valence-corrected chi connectivity index (χ3v) is 3.10. The molecule has 1 aromatic heterocycles. The van der Waals surface area contributed by atoms with E-state index in [-0.39, 0.29) is 11.7 Å². The van der Waals surface area contributed by atoms with Gasteiger partial charge in [-0.15, -0.1) is 0 Å². The zero-order valence-electron chi connectivity index (χ0n) is 10.6. The van der Waals surface area contributed by atoms with Crippen molar-refractivity contribution in [3.8, 4) is 0 Å². The molecule has 0 atom stereocenters. The number of carbonyl (C=O) groups excluding carboxylic acids is 2. The van der Waals surface area contributed by atoms with Gasteiger partial charge in [-0.3, -0.25) is 9.59 Å². The number of hydrogen-bond donors (Lipinski definition) is 1. The minimum absolute atomic E-state index is 0.0765. The van der Waals surface area contributed by atoms with Gasteiger partial charge in [0.1, 0.15) is 5.69 Å². The number of anilines is 1. The minimum atomic E-state index is -0.303. The Morgan fingerprint density at radius 1 is 1.26 bits per heavy atom. The highest BCUT2D eigenvalue weighted by molar-refractivity contribution is 6.33. The molecule has 0 spiro atoms. The number of rotatable bonds is 3. The molecule has 5 heteroatoms. The molecule has 1 aromatic carbocycles. The molecule has 0 bridgehead atoms. The molecule has 0 unspecified atom stereocenters. The van der Waals surface area contributed by atoms with E-state index in [4.69, 9.17) is 11.6 Å². The average molecular weight is 277 g/mol. The summed E-state index contributed by atoms with van der Waals surface area (Å²) in [6.45, 7) is 1.46. The molecule has 0 fully saturated rings. The van der Waals surface area contributed by atoms with Crippen LogP contribution in [0.25, 0.3) is 0 Å². The molecule has 1 amide bonds. The van der Waals surface area contributed by atoms with E-state index in [2.05, 4.69) is 5.32 Å². The lowest BCUT2D eigenvalue weighted by Crippen LogP contribution is -2.15. The topological polar surface area (TPSA) is 51.1 Å². The number of ketones is 1. The maximum atomic E-state index is 12.1. The van der Waals surface area contributed by atoms with Crippen molar-refractivity contribution in [2.75, 3.05) is 5.32 Å². The van der Waals surface area contributed by atoms with E-state index in [1.807, 2.05) is 0 Å². The molecular weight excluding hydrogens is 264 g/mol. The van der Waals surface area contributed by atoms with Crippen molar-refractivity contribution >= 4 is 29.0 Å². The first-order chi connectivity index (χ1) is 8.99. The van der Waals surface area contributed by atoms with Crippen LogP contribution in [0.2, 0.25) is 5.02 Å². The Labute approximate surface area is 116 Å². The van der Waals surface area contributed by atoms with Crippen LogP contribution in [0, 0.1) is 0 Å². The molecule has 2 aromatic rings. The quantitative estimate of drug-likeness (QED) is 0.876. The highest BCUT2D eigenvalue weighted by Gasteiger charge is 2.14. The van der Waals surface area contributed by atoms with Crippen LogP contribution in [0.4, 0.5) is 5.69 Å². The summed E-state index contributed by atoms with van der Waals surface area (Å²) in [4.78, 5) is 23.4. The second-order valence-corrected chi connectivity index (χ2v) is 4.62. The summed E-state index contributed by atoms with van der Waals surface area (Å²) < 4.78 is 1.61. The maximum Gasteiger partial charge on any atom is 0.272 e. The average Bonchev–Trinajstić information content (AvgIpc) is 2.74. The van der Waals surface area contributed by atoms with Crippen LogP contribution in [0.3, 0.4) is 0 Å². The van der Waals surface area contributed by atoms with Gasteiger partial charge in [0.2, 0.25) is 0 Å². The SMILES string of the molecule is CC(=O)c1cc(C(=O)Nc2ccccc2Cl)n(C)c1. The summed E-state index contributed by atoms with van der Waals surface area (Å²) in [6, 6.07) is 8.55. The van der Waals surface area contributed by atoms with Crippen molar-refractivity contribution in [2.24, 2.45) is 7.05 Å². The van der Waals surface area contributed by atoms with E-state index in [9.17, 15) is 9.59 Å². The Kier molecular flexibility index (Phi) is 3.71. The van der Waals surface area contributed by atoms with Crippen molar-refractivity contribution in [1.82, 2.24) is 4.57 Å². The predicted molar refractivity (Wildman–Crippen MR) is 74.8 cm³/mol. The van der Waals surface area contributed by atoms with Gasteiger partial charge in [-0.2, -0.15) is 0 Å². The number of nitrogens with zero attached hydrogens (tertiary/aromatic N) is 1. The lowest BCUT2D eigenvalue weighted by atomic mass is 10.2. The number of para-hydroxylation sites is 1. The third-order valence-electron chi connectivity index (χ3n) is 2.77. The zero-order chi connectivity index (χ0) is 14.0. The minimum Gasteiger partial charge on any atom is -0.346 e. The summed E-state index contributed by atoms with van der Waals surface area (Å²) in [5.41, 5.74) is 1.46. The summed E-state index contributed by atoms with van der Waals surface area (Å²) in [5.74, 6) is -0.379. The van der Waals surface area contributed by atoms with E-state index in [0.717, 1.165) is 0 Å². The van der Waals surface area contributed by atoms with E-state index in [0.29, 0.717) is 22.0 Å². The number of hydrogen-bond acceptors (Lipinski definition) is 2. The Balaban J connectivity index is 2.26. The number of nitrogens with one attached hydrogen (secondary N) is 1. The number of aryl methyl sites for hydroxylation is 1. The Hall–Kier alpha value is -2.07. The van der Waals surface area contributed by atoms with Gasteiger partial charge >= 0.3 is 0 Å². The van der Waals surface area contributed by atoms with E-state index in [1.54, 1.807) is 48.1 Å². The van der Waals surface area contributed by atoms with Gasteiger partial charge in [-0.05, 0) is 25.1 Å². The Bertz CT molecular complexity index is 647. The predicted octanol–water partition coefficient (Wildman–Crippen LogP) is 3.13. The molecule has 19 heavy (non-hydrogen) atoms. The number of carbonyl (C=O) groups is 2. The van der Waals surface area contributed by atoms with Gasteiger partial charge in [-0.1, -0.05) is 23.7 Å². The lowest BCUT2D eigenvalue weighted by molar-refractivity contribution is 0.101. The molecule has 1 heterocycles. The molecule has 0 aliphatic heterocycles. The molecule has 0 saturated carbocycles. The third kappa shape index (κ3) is 2.85. The largest absolute Gasteiger partial charge is 0.346 e. The first-order valence-electron chi connectivity index (χ1n) is 5.72. The first-order valence-corrected chi connectivity index (χ1v) is 6.10. The van der Waals surface area contributed by atoms with Crippen LogP contribution in [0.15, 0.2) is 36.5 Å². The van der Waals surface area contributed by atoms with Gasteiger partial charge in [-0.25, -0.2) is 0 Å². The Morgan fingerprint density at radius 3 is 2.53 bits per heavy atom. The fraction of sp³-hybridized carbons (Fsp3) is 0.143. The molecule has 0 radical (unpaired) electrons. The molecule has 0 aliphatic carbocycles. The summed E-state index contributed by atoms with van der Waals surface area (Å²) in [7, 11) is 1.72. The van der Waals surface area contributed by atoms with Crippen LogP contribution in [0.1, 0.15) is 27.8 Å². The van der Waals surface area contributed by atoms with E-state index >= 15 is 0 Å². The second kappa shape index (κ2) is 5.28. The highest BCUT2D eigenvalue weighted by atomic mass is 35.5. The molecular formula is C14H13ClN2O2. The standard InChI is InChI=1S/C14H13ClN2O2/c1-9(18)10-7-13(17(2)8-10)14(19)16-12-6-4-3-5-11(12)15/h3-8H,1-2H3,(H,16,19). The highest BCUT2D eigenvalue weighted by Crippen LogP contribution is 2.21. The number of benzene rings is 1. The number of aromatic nitrogens is 1. The van der Waals surface area contributed by atoms with Crippen molar-refractivity contribution in [2.45, 2.75) is 6.92 Å². The normalized spacial score (nSPS) is 10.3. The van der Waals surface area contributed by atoms with Crippen LogP contribution in [0.5, 0.6) is 0 Å². The Morgan fingerprint density at radius 2 is 1.95 bits per heavy atom. The fourth-order valence-electron chi connectivity index (χ4n) is 1.73. The van der Waals surface area contributed by atoms with Gasteiger partial charge in [0, 0.05) is 18.8 Å². The van der Waals surface area contributed by atoms with Crippen LogP contribution < -0.4 is 5.32 Å². The zero-order valence-corrected chi connectivity index (χ0v) is 11.4. The molecule has 98 valence electrons. The second-order valence-electron chi connectivity index (χ2n) is 4.22. The molecule has 1 N–H and O–H groups in total. The van der Waals surface area contributed by atoms with Crippen LogP contribution in [-0.2, 0) is 7.05 Å². The van der Waals surface area contributed by atoms with Gasteiger partial charge in [0.15, 0.2) is 5.78 Å². The molecule has 0 aliphatic rings. The van der Waals surface area contributed by atoms with Gasteiger partial charge in [0.25, 0.3) is 5.91 Å². The number of amides is 1. The van der Waals surface area contributed by atoms with Crippen molar-refractivity contribution in [3.05, 3.63) is 52.8 Å². The van der Waals surface area contributed by atoms with Gasteiger partial charge < -0.3 is 9.88 Å². The molecule has 4 nitrogen and oxygen atoms in total. The summed E-state index contributed by atoms with van der Waals surface area (Å²) in [5, 5.41) is 3.19. The first kappa shape index (κ1) is 13.4. The fourth-order valence-corrected chi connectivity index (χ4v) is 1.91. The van der Waals surface area contributed by atoms with E-state index < -0.39 is 0 Å². The lowest BCUT2D eigenvalue weighted by Gasteiger charge is -2.07. The molecule has 0 saturated heterocycles. The summed E-state index contributed by atoms with van der Waals surface area (Å²) in [6.07, 6.45) is 1.63. The monoisotopic (exact) mass is 276 g/mol. The maximum absolute atomic E-state index is 12.1. The molecule has 2 rings (SSSR count). The summed E-state index contributed by atoms with van der Waals surface area (Å²) >= 11 is 5.98. The van der Waals surface area contributed by atoms with Gasteiger partial charge in [0.05, 0.1) is 10.7 Å². The van der Waals surface area contributed by atoms with Crippen LogP contribution >= 0.6 is 11.6 Å². The van der Waals surface area contributed by atoms with Crippen LogP contribution in [-0.4, -0.2) is 16.3 Å². The van der Waals surface area contributed by atoms with Crippen molar-refractivity contribution in [1.29, 1.82) is 0 Å². The number of halogens is 1. The van der Waals surface area contributed by atoms with E-state index in [1.165, 1.54) is 6.92 Å². The number of Topliss-reactive ketones (excluding diaryl/α,β-unsaturated/α-hetero) is 1. The smallest absolute Gasteiger partial charge is 0.272 e.